The average molecular weight is 287 g/mol. The van der Waals surface area contributed by atoms with E-state index in [1.807, 2.05) is 0 Å². The van der Waals surface area contributed by atoms with Gasteiger partial charge < -0.3 is 15.5 Å². The Morgan fingerprint density at radius 3 is 2.10 bits per heavy atom. The van der Waals surface area contributed by atoms with Gasteiger partial charge in [0.1, 0.15) is 0 Å². The number of nitrogens with two attached hydrogens (primary N) is 1. The third-order valence-corrected chi connectivity index (χ3v) is 5.48. The van der Waals surface area contributed by atoms with Crippen molar-refractivity contribution in [1.29, 1.82) is 0 Å². The number of anilines is 1. The molecule has 1 saturated carbocycles. The second kappa shape index (κ2) is 6.80. The molecule has 3 heteroatoms. The minimum Gasteiger partial charge on any atom is -0.371 e. The van der Waals surface area contributed by atoms with Crippen LogP contribution in [0.5, 0.6) is 0 Å². The summed E-state index contributed by atoms with van der Waals surface area (Å²) in [6.45, 7) is 2.37. The molecule has 0 unspecified atom stereocenters. The lowest BCUT2D eigenvalue weighted by Crippen LogP contribution is -2.49. The Hall–Kier alpha value is -1.06. The van der Waals surface area contributed by atoms with Crippen LogP contribution in [0.2, 0.25) is 0 Å². The van der Waals surface area contributed by atoms with Crippen LogP contribution in [0.4, 0.5) is 5.69 Å². The van der Waals surface area contributed by atoms with Crippen molar-refractivity contribution >= 4 is 5.69 Å². The molecule has 1 saturated heterocycles. The van der Waals surface area contributed by atoms with Crippen molar-refractivity contribution in [3.05, 3.63) is 30.3 Å². The summed E-state index contributed by atoms with van der Waals surface area (Å²) in [6, 6.07) is 12.8. The fourth-order valence-corrected chi connectivity index (χ4v) is 3.98. The summed E-state index contributed by atoms with van der Waals surface area (Å²) < 4.78 is 0. The van der Waals surface area contributed by atoms with Gasteiger partial charge in [0.15, 0.2) is 0 Å². The highest BCUT2D eigenvalue weighted by Crippen LogP contribution is 2.27. The van der Waals surface area contributed by atoms with Crippen LogP contribution in [0.15, 0.2) is 30.3 Å². The Bertz CT molecular complexity index is 417. The first-order valence-electron chi connectivity index (χ1n) is 8.51. The fourth-order valence-electron chi connectivity index (χ4n) is 3.98. The van der Waals surface area contributed by atoms with Crippen LogP contribution in [-0.2, 0) is 0 Å². The quantitative estimate of drug-likeness (QED) is 0.928. The van der Waals surface area contributed by atoms with E-state index in [-0.39, 0.29) is 0 Å². The minimum atomic E-state index is 0.453. The molecule has 1 aliphatic carbocycles. The Morgan fingerprint density at radius 2 is 1.48 bits per heavy atom. The smallest absolute Gasteiger partial charge is 0.0366 e. The summed E-state index contributed by atoms with van der Waals surface area (Å²) in [5.74, 6) is 0. The first-order chi connectivity index (χ1) is 10.2. The van der Waals surface area contributed by atoms with Crippen molar-refractivity contribution in [2.45, 2.75) is 56.7 Å². The van der Waals surface area contributed by atoms with Gasteiger partial charge in [-0.15, -0.1) is 0 Å². The lowest BCUT2D eigenvalue weighted by molar-refractivity contribution is 0.115. The summed E-state index contributed by atoms with van der Waals surface area (Å²) >= 11 is 0. The number of para-hydroxylation sites is 1. The van der Waals surface area contributed by atoms with Gasteiger partial charge in [-0.25, -0.2) is 0 Å². The fraction of sp³-hybridized carbons (Fsp3) is 0.667. The summed E-state index contributed by atoms with van der Waals surface area (Å²) in [5, 5.41) is 0. The van der Waals surface area contributed by atoms with Gasteiger partial charge in [-0.1, -0.05) is 18.2 Å². The topological polar surface area (TPSA) is 32.5 Å². The van der Waals surface area contributed by atoms with Crippen LogP contribution < -0.4 is 10.6 Å². The van der Waals surface area contributed by atoms with Gasteiger partial charge in [0, 0.05) is 36.9 Å². The van der Waals surface area contributed by atoms with E-state index in [1.165, 1.54) is 57.3 Å². The van der Waals surface area contributed by atoms with E-state index in [0.717, 1.165) is 12.1 Å². The summed E-state index contributed by atoms with van der Waals surface area (Å²) in [5.41, 5.74) is 7.41. The molecule has 0 spiro atoms. The van der Waals surface area contributed by atoms with E-state index in [9.17, 15) is 0 Å². The van der Waals surface area contributed by atoms with Crippen LogP contribution in [-0.4, -0.2) is 43.2 Å². The van der Waals surface area contributed by atoms with Gasteiger partial charge in [0.05, 0.1) is 0 Å². The van der Waals surface area contributed by atoms with E-state index in [1.54, 1.807) is 0 Å². The highest BCUT2D eigenvalue weighted by Gasteiger charge is 2.29. The zero-order valence-corrected chi connectivity index (χ0v) is 13.2. The molecule has 2 N–H and O–H groups in total. The Labute approximate surface area is 129 Å². The molecule has 1 aromatic rings. The molecular formula is C18H29N3. The predicted molar refractivity (Wildman–Crippen MR) is 89.7 cm³/mol. The molecule has 2 aliphatic rings. The number of piperidine rings is 1. The molecular weight excluding hydrogens is 258 g/mol. The number of benzene rings is 1. The van der Waals surface area contributed by atoms with Crippen LogP contribution >= 0.6 is 0 Å². The number of hydrogen-bond acceptors (Lipinski definition) is 3. The van der Waals surface area contributed by atoms with Gasteiger partial charge in [0.2, 0.25) is 0 Å². The Balaban J connectivity index is 1.51. The molecule has 0 amide bonds. The van der Waals surface area contributed by atoms with Gasteiger partial charge in [-0.2, -0.15) is 0 Å². The second-order valence-electron chi connectivity index (χ2n) is 6.79. The Morgan fingerprint density at radius 1 is 0.905 bits per heavy atom. The molecule has 2 fully saturated rings. The molecule has 0 bridgehead atoms. The third-order valence-electron chi connectivity index (χ3n) is 5.48. The lowest BCUT2D eigenvalue weighted by Gasteiger charge is -2.43. The highest BCUT2D eigenvalue weighted by atomic mass is 15.2. The van der Waals surface area contributed by atoms with Gasteiger partial charge in [-0.05, 0) is 57.7 Å². The van der Waals surface area contributed by atoms with E-state index in [2.05, 4.69) is 47.2 Å². The second-order valence-corrected chi connectivity index (χ2v) is 6.79. The molecule has 0 aromatic heterocycles. The van der Waals surface area contributed by atoms with Crippen LogP contribution in [0.1, 0.15) is 38.5 Å². The summed E-state index contributed by atoms with van der Waals surface area (Å²) in [6.07, 6.45) is 7.56. The van der Waals surface area contributed by atoms with Gasteiger partial charge >= 0.3 is 0 Å². The maximum Gasteiger partial charge on any atom is 0.0366 e. The van der Waals surface area contributed by atoms with E-state index in [0.29, 0.717) is 6.04 Å². The summed E-state index contributed by atoms with van der Waals surface area (Å²) in [4.78, 5) is 5.19. The average Bonchev–Trinajstić information content (AvgIpc) is 2.56. The number of rotatable bonds is 3. The van der Waals surface area contributed by atoms with Crippen molar-refractivity contribution in [3.63, 3.8) is 0 Å². The van der Waals surface area contributed by atoms with Crippen molar-refractivity contribution in [2.24, 2.45) is 5.73 Å². The molecule has 21 heavy (non-hydrogen) atoms. The normalized spacial score (nSPS) is 28.0. The summed E-state index contributed by atoms with van der Waals surface area (Å²) in [7, 11) is 2.34. The maximum atomic E-state index is 6.03. The zero-order chi connectivity index (χ0) is 14.7. The van der Waals surface area contributed by atoms with E-state index >= 15 is 0 Å². The standard InChI is InChI=1S/C18H29N3/c1-20(16-9-7-15(19)8-10-16)17-11-13-21(14-12-17)18-5-3-2-4-6-18/h2-6,15-17H,7-14,19H2,1H3. The van der Waals surface area contributed by atoms with E-state index < -0.39 is 0 Å². The molecule has 116 valence electrons. The SMILES string of the molecule is CN(C1CCC(N)CC1)C1CCN(c2ccccc2)CC1. The third kappa shape index (κ3) is 3.58. The first-order valence-corrected chi connectivity index (χ1v) is 8.51. The van der Waals surface area contributed by atoms with Crippen molar-refractivity contribution in [1.82, 2.24) is 4.90 Å². The molecule has 3 rings (SSSR count). The zero-order valence-electron chi connectivity index (χ0n) is 13.2. The molecule has 1 aromatic carbocycles. The largest absolute Gasteiger partial charge is 0.371 e. The molecule has 1 aliphatic heterocycles. The lowest BCUT2D eigenvalue weighted by atomic mass is 9.89. The predicted octanol–water partition coefficient (Wildman–Crippen LogP) is 2.86. The van der Waals surface area contributed by atoms with Crippen molar-refractivity contribution in [3.8, 4) is 0 Å². The molecule has 3 nitrogen and oxygen atoms in total. The van der Waals surface area contributed by atoms with E-state index in [4.69, 9.17) is 5.73 Å². The molecule has 0 radical (unpaired) electrons. The Kier molecular flexibility index (Phi) is 4.81. The monoisotopic (exact) mass is 287 g/mol. The van der Waals surface area contributed by atoms with Gasteiger partial charge in [-0.3, -0.25) is 0 Å². The first kappa shape index (κ1) is 14.9. The number of hydrogen-bond donors (Lipinski definition) is 1. The minimum absolute atomic E-state index is 0.453. The van der Waals surface area contributed by atoms with Crippen molar-refractivity contribution in [2.75, 3.05) is 25.0 Å². The van der Waals surface area contributed by atoms with Crippen LogP contribution in [0.3, 0.4) is 0 Å². The van der Waals surface area contributed by atoms with Crippen molar-refractivity contribution < 1.29 is 0 Å². The molecule has 0 atom stereocenters. The van der Waals surface area contributed by atoms with Crippen LogP contribution in [0.25, 0.3) is 0 Å². The maximum absolute atomic E-state index is 6.03. The highest BCUT2D eigenvalue weighted by molar-refractivity contribution is 5.46. The van der Waals surface area contributed by atoms with Crippen LogP contribution in [0, 0.1) is 0 Å². The van der Waals surface area contributed by atoms with Gasteiger partial charge in [0.25, 0.3) is 0 Å². The molecule has 1 heterocycles. The number of nitrogens with zero attached hydrogens (tertiary/aromatic N) is 2.